The Hall–Kier alpha value is -2.04. The molecule has 2 N–H and O–H groups in total. The predicted octanol–water partition coefficient (Wildman–Crippen LogP) is 2.79. The molecule has 0 radical (unpaired) electrons. The van der Waals surface area contributed by atoms with E-state index in [0.29, 0.717) is 32.5 Å². The Morgan fingerprint density at radius 1 is 1.08 bits per heavy atom. The van der Waals surface area contributed by atoms with Gasteiger partial charge in [0.1, 0.15) is 5.75 Å². The molecule has 0 heterocycles. The molecule has 0 bridgehead atoms. The van der Waals surface area contributed by atoms with Crippen LogP contribution < -0.4 is 15.4 Å². The van der Waals surface area contributed by atoms with Gasteiger partial charge in [-0.15, -0.1) is 0 Å². The van der Waals surface area contributed by atoms with Crippen molar-refractivity contribution in [3.05, 3.63) is 29.8 Å². The molecular weight excluding hydrogens is 316 g/mol. The Morgan fingerprint density at radius 2 is 1.72 bits per heavy atom. The number of benzene rings is 1. The third-order valence-corrected chi connectivity index (χ3v) is 4.23. The Kier molecular flexibility index (Phi) is 6.85. The van der Waals surface area contributed by atoms with Crippen molar-refractivity contribution in [2.45, 2.75) is 51.9 Å². The maximum atomic E-state index is 11.7. The number of carbonyl (C=O) groups is 2. The molecule has 5 heteroatoms. The second-order valence-electron chi connectivity index (χ2n) is 7.64. The normalized spacial score (nSPS) is 14.0. The van der Waals surface area contributed by atoms with Crippen LogP contribution in [-0.2, 0) is 15.0 Å². The Labute approximate surface area is 150 Å². The average molecular weight is 346 g/mol. The van der Waals surface area contributed by atoms with Gasteiger partial charge in [-0.1, -0.05) is 32.9 Å². The molecule has 0 aliphatic heterocycles. The summed E-state index contributed by atoms with van der Waals surface area (Å²) in [5.74, 6) is 1.15. The highest BCUT2D eigenvalue weighted by molar-refractivity contribution is 5.81. The summed E-state index contributed by atoms with van der Waals surface area (Å²) in [5.41, 5.74) is 1.40. The lowest BCUT2D eigenvalue weighted by atomic mass is 9.87. The van der Waals surface area contributed by atoms with Gasteiger partial charge in [0, 0.05) is 25.4 Å². The molecule has 138 valence electrons. The van der Waals surface area contributed by atoms with Crippen LogP contribution in [0.3, 0.4) is 0 Å². The van der Waals surface area contributed by atoms with Crippen LogP contribution in [-0.4, -0.2) is 31.5 Å². The van der Waals surface area contributed by atoms with E-state index in [1.54, 1.807) is 0 Å². The minimum Gasteiger partial charge on any atom is -0.494 e. The van der Waals surface area contributed by atoms with Crippen molar-refractivity contribution in [3.63, 3.8) is 0 Å². The number of nitrogens with one attached hydrogen (secondary N) is 2. The highest BCUT2D eigenvalue weighted by Crippen LogP contribution is 2.28. The van der Waals surface area contributed by atoms with E-state index >= 15 is 0 Å². The van der Waals surface area contributed by atoms with Crippen LogP contribution >= 0.6 is 0 Å². The number of ether oxygens (including phenoxy) is 1. The minimum absolute atomic E-state index is 0.00708. The van der Waals surface area contributed by atoms with E-state index in [-0.39, 0.29) is 23.1 Å². The van der Waals surface area contributed by atoms with Crippen molar-refractivity contribution in [2.75, 3.05) is 19.7 Å². The van der Waals surface area contributed by atoms with E-state index in [2.05, 4.69) is 43.5 Å². The van der Waals surface area contributed by atoms with E-state index in [9.17, 15) is 9.59 Å². The van der Waals surface area contributed by atoms with Crippen molar-refractivity contribution in [1.82, 2.24) is 10.6 Å². The van der Waals surface area contributed by atoms with Gasteiger partial charge in [-0.25, -0.2) is 0 Å². The van der Waals surface area contributed by atoms with Crippen molar-refractivity contribution < 1.29 is 14.3 Å². The number of amides is 2. The Morgan fingerprint density at radius 3 is 2.32 bits per heavy atom. The van der Waals surface area contributed by atoms with Gasteiger partial charge in [0.15, 0.2) is 0 Å². The van der Waals surface area contributed by atoms with Gasteiger partial charge in [-0.2, -0.15) is 0 Å². The lowest BCUT2D eigenvalue weighted by molar-refractivity contribution is -0.123. The molecule has 1 aromatic carbocycles. The smallest absolute Gasteiger partial charge is 0.223 e. The third-order valence-electron chi connectivity index (χ3n) is 4.23. The zero-order chi connectivity index (χ0) is 18.3. The molecule has 2 amide bonds. The van der Waals surface area contributed by atoms with Crippen LogP contribution in [0.1, 0.15) is 52.0 Å². The van der Waals surface area contributed by atoms with Gasteiger partial charge in [0.05, 0.1) is 6.61 Å². The first-order valence-corrected chi connectivity index (χ1v) is 9.14. The molecule has 1 fully saturated rings. The number of carbonyl (C=O) groups excluding carboxylic acids is 2. The molecule has 0 saturated heterocycles. The van der Waals surface area contributed by atoms with Gasteiger partial charge in [-0.05, 0) is 42.4 Å². The number of hydrogen-bond acceptors (Lipinski definition) is 3. The van der Waals surface area contributed by atoms with Crippen LogP contribution in [0.2, 0.25) is 0 Å². The minimum atomic E-state index is -0.00708. The second-order valence-corrected chi connectivity index (χ2v) is 7.64. The van der Waals surface area contributed by atoms with Crippen LogP contribution in [0.5, 0.6) is 5.75 Å². The first-order chi connectivity index (χ1) is 11.9. The second kappa shape index (κ2) is 8.88. The largest absolute Gasteiger partial charge is 0.494 e. The highest BCUT2D eigenvalue weighted by Gasteiger charge is 2.28. The van der Waals surface area contributed by atoms with Gasteiger partial charge in [0.25, 0.3) is 0 Å². The van der Waals surface area contributed by atoms with Gasteiger partial charge < -0.3 is 15.4 Å². The molecule has 1 aliphatic rings. The average Bonchev–Trinajstić information content (AvgIpc) is 3.40. The summed E-state index contributed by atoms with van der Waals surface area (Å²) >= 11 is 0. The SMILES string of the molecule is CC(C)(C)c1ccc(OCCCC(=O)NCCNC(=O)C2CC2)cc1. The maximum Gasteiger partial charge on any atom is 0.223 e. The first-order valence-electron chi connectivity index (χ1n) is 9.14. The molecular formula is C20H30N2O3. The number of rotatable bonds is 9. The molecule has 5 nitrogen and oxygen atoms in total. The van der Waals surface area contributed by atoms with E-state index in [0.717, 1.165) is 18.6 Å². The van der Waals surface area contributed by atoms with Crippen molar-refractivity contribution >= 4 is 11.8 Å². The molecule has 0 aromatic heterocycles. The van der Waals surface area contributed by atoms with Crippen LogP contribution in [0.15, 0.2) is 24.3 Å². The molecule has 25 heavy (non-hydrogen) atoms. The van der Waals surface area contributed by atoms with Gasteiger partial charge >= 0.3 is 0 Å². The number of hydrogen-bond donors (Lipinski definition) is 2. The molecule has 1 aromatic rings. The molecule has 0 spiro atoms. The fourth-order valence-electron chi connectivity index (χ4n) is 2.44. The van der Waals surface area contributed by atoms with E-state index in [4.69, 9.17) is 4.74 Å². The van der Waals surface area contributed by atoms with Crippen molar-refractivity contribution in [1.29, 1.82) is 0 Å². The summed E-state index contributed by atoms with van der Waals surface area (Å²) in [7, 11) is 0. The predicted molar refractivity (Wildman–Crippen MR) is 98.6 cm³/mol. The molecule has 0 unspecified atom stereocenters. The molecule has 0 atom stereocenters. The maximum absolute atomic E-state index is 11.7. The Balaban J connectivity index is 1.53. The molecule has 2 rings (SSSR count). The van der Waals surface area contributed by atoms with E-state index in [1.807, 2.05) is 12.1 Å². The summed E-state index contributed by atoms with van der Waals surface area (Å²) in [6.45, 7) is 8.03. The summed E-state index contributed by atoms with van der Waals surface area (Å²) in [6.07, 6.45) is 3.09. The quantitative estimate of drug-likeness (QED) is 0.676. The van der Waals surface area contributed by atoms with E-state index < -0.39 is 0 Å². The van der Waals surface area contributed by atoms with Gasteiger partial charge in [-0.3, -0.25) is 9.59 Å². The Bertz CT molecular complexity index is 572. The fraction of sp³-hybridized carbons (Fsp3) is 0.600. The van der Waals surface area contributed by atoms with Crippen molar-refractivity contribution in [3.8, 4) is 5.75 Å². The first kappa shape index (κ1) is 19.3. The summed E-state index contributed by atoms with van der Waals surface area (Å²) in [4.78, 5) is 23.2. The zero-order valence-corrected chi connectivity index (χ0v) is 15.6. The summed E-state index contributed by atoms with van der Waals surface area (Å²) in [5, 5.41) is 5.64. The fourth-order valence-corrected chi connectivity index (χ4v) is 2.44. The van der Waals surface area contributed by atoms with Crippen LogP contribution in [0.25, 0.3) is 0 Å². The molecule has 1 saturated carbocycles. The molecule has 1 aliphatic carbocycles. The van der Waals surface area contributed by atoms with E-state index in [1.165, 1.54) is 5.56 Å². The standard InChI is InChI=1S/C20H30N2O3/c1-20(2,3)16-8-10-17(11-9-16)25-14-4-5-18(23)21-12-13-22-19(24)15-6-7-15/h8-11,15H,4-7,12-14H2,1-3H3,(H,21,23)(H,22,24). The summed E-state index contributed by atoms with van der Waals surface area (Å²) in [6, 6.07) is 8.11. The van der Waals surface area contributed by atoms with Crippen LogP contribution in [0, 0.1) is 5.92 Å². The van der Waals surface area contributed by atoms with Crippen molar-refractivity contribution in [2.24, 2.45) is 5.92 Å². The van der Waals surface area contributed by atoms with Crippen LogP contribution in [0.4, 0.5) is 0 Å². The lowest BCUT2D eigenvalue weighted by Gasteiger charge is -2.19. The monoisotopic (exact) mass is 346 g/mol. The van der Waals surface area contributed by atoms with Gasteiger partial charge in [0.2, 0.25) is 11.8 Å². The lowest BCUT2D eigenvalue weighted by Crippen LogP contribution is -2.35. The highest BCUT2D eigenvalue weighted by atomic mass is 16.5. The zero-order valence-electron chi connectivity index (χ0n) is 15.6. The third kappa shape index (κ3) is 7.16. The topological polar surface area (TPSA) is 67.4 Å². The summed E-state index contributed by atoms with van der Waals surface area (Å²) < 4.78 is 5.68.